The minimum atomic E-state index is -0.869. The van der Waals surface area contributed by atoms with Crippen molar-refractivity contribution in [1.29, 1.82) is 0 Å². The van der Waals surface area contributed by atoms with Gasteiger partial charge in [0.1, 0.15) is 12.1 Å². The number of carbonyl (C=O) groups is 3. The molecule has 0 aromatic rings. The zero-order chi connectivity index (χ0) is 17.1. The highest BCUT2D eigenvalue weighted by molar-refractivity contribution is 7.98. The van der Waals surface area contributed by atoms with Gasteiger partial charge in [-0.1, -0.05) is 0 Å². The van der Waals surface area contributed by atoms with Crippen LogP contribution in [0.1, 0.15) is 19.8 Å². The second-order valence-corrected chi connectivity index (χ2v) is 7.39. The van der Waals surface area contributed by atoms with E-state index in [1.165, 1.54) is 11.8 Å². The Bertz CT molecular complexity index is 380. The molecule has 0 aliphatic rings. The van der Waals surface area contributed by atoms with Gasteiger partial charge in [0.05, 0.1) is 5.25 Å². The Morgan fingerprint density at radius 3 is 2.18 bits per heavy atom. The van der Waals surface area contributed by atoms with Crippen LogP contribution in [-0.2, 0) is 19.1 Å². The van der Waals surface area contributed by atoms with Gasteiger partial charge < -0.3 is 15.8 Å². The lowest BCUT2D eigenvalue weighted by atomic mass is 10.2. The molecule has 0 radical (unpaired) electrons. The van der Waals surface area contributed by atoms with Gasteiger partial charge in [-0.25, -0.2) is 9.59 Å². The molecule has 0 bridgehead atoms. The van der Waals surface area contributed by atoms with E-state index >= 15 is 0 Å². The van der Waals surface area contributed by atoms with Crippen LogP contribution in [0.4, 0.5) is 0 Å². The molecule has 1 amide bonds. The van der Waals surface area contributed by atoms with Gasteiger partial charge in [0.2, 0.25) is 5.91 Å². The van der Waals surface area contributed by atoms with E-state index < -0.39 is 29.3 Å². The van der Waals surface area contributed by atoms with Crippen molar-refractivity contribution in [3.05, 3.63) is 0 Å². The van der Waals surface area contributed by atoms with Crippen molar-refractivity contribution < 1.29 is 19.1 Å². The van der Waals surface area contributed by atoms with E-state index in [1.807, 2.05) is 12.5 Å². The first-order valence-electron chi connectivity index (χ1n) is 6.80. The number of thioether (sulfide) groups is 2. The topological polar surface area (TPSA) is 98.5 Å². The van der Waals surface area contributed by atoms with Crippen LogP contribution in [0.5, 0.6) is 0 Å². The third kappa shape index (κ3) is 8.92. The van der Waals surface area contributed by atoms with Gasteiger partial charge in [-0.2, -0.15) is 36.2 Å². The van der Waals surface area contributed by atoms with Crippen LogP contribution in [-0.4, -0.2) is 59.2 Å². The molecule has 3 atom stereocenters. The highest BCUT2D eigenvalue weighted by Crippen LogP contribution is 2.06. The van der Waals surface area contributed by atoms with Crippen LogP contribution in [0, 0.1) is 0 Å². The second-order valence-electron chi connectivity index (χ2n) is 4.65. The highest BCUT2D eigenvalue weighted by atomic mass is 32.2. The van der Waals surface area contributed by atoms with Crippen LogP contribution in [0.25, 0.3) is 0 Å². The number of amides is 1. The summed E-state index contributed by atoms with van der Waals surface area (Å²) in [5.41, 5.74) is 5.66. The van der Waals surface area contributed by atoms with Crippen molar-refractivity contribution in [2.75, 3.05) is 24.0 Å². The molecule has 6 nitrogen and oxygen atoms in total. The summed E-state index contributed by atoms with van der Waals surface area (Å²) in [4.78, 5) is 35.5. The third-order valence-corrected chi connectivity index (χ3v) is 4.25. The summed E-state index contributed by atoms with van der Waals surface area (Å²) < 4.78 is 4.79. The summed E-state index contributed by atoms with van der Waals surface area (Å²) >= 11 is 7.09. The highest BCUT2D eigenvalue weighted by Gasteiger charge is 2.27. The molecule has 0 spiro atoms. The Kier molecular flexibility index (Phi) is 11.9. The van der Waals surface area contributed by atoms with Gasteiger partial charge in [0.15, 0.2) is 0 Å². The molecule has 0 aromatic carbocycles. The third-order valence-electron chi connectivity index (χ3n) is 2.73. The van der Waals surface area contributed by atoms with Crippen molar-refractivity contribution >= 4 is 54.0 Å². The molecular formula is C13H24N2O4S3. The number of thiol groups is 1. The first kappa shape index (κ1) is 21.6. The number of nitrogens with two attached hydrogens (primary N) is 1. The van der Waals surface area contributed by atoms with Crippen molar-refractivity contribution in [2.45, 2.75) is 37.1 Å². The molecule has 0 aliphatic heterocycles. The average Bonchev–Trinajstić information content (AvgIpc) is 2.48. The maximum atomic E-state index is 12.0. The number of carbonyl (C=O) groups excluding carboxylic acids is 3. The van der Waals surface area contributed by atoms with Crippen LogP contribution in [0.15, 0.2) is 0 Å². The minimum Gasteiger partial charge on any atom is -0.390 e. The predicted octanol–water partition coefficient (Wildman–Crippen LogP) is 0.693. The quantitative estimate of drug-likeness (QED) is 0.296. The van der Waals surface area contributed by atoms with Crippen molar-refractivity contribution in [1.82, 2.24) is 5.32 Å². The fourth-order valence-corrected chi connectivity index (χ4v) is 2.42. The maximum Gasteiger partial charge on any atom is 0.336 e. The Hall–Kier alpha value is -0.380. The monoisotopic (exact) mass is 368 g/mol. The smallest absolute Gasteiger partial charge is 0.336 e. The van der Waals surface area contributed by atoms with Crippen LogP contribution < -0.4 is 11.1 Å². The van der Waals surface area contributed by atoms with E-state index in [0.29, 0.717) is 24.3 Å². The molecule has 0 saturated carbocycles. The summed E-state index contributed by atoms with van der Waals surface area (Å²) in [7, 11) is 0. The summed E-state index contributed by atoms with van der Waals surface area (Å²) in [6.07, 6.45) is 4.59. The molecule has 0 aromatic heterocycles. The van der Waals surface area contributed by atoms with Crippen LogP contribution >= 0.6 is 36.2 Å². The first-order valence-corrected chi connectivity index (χ1v) is 10.1. The molecule has 3 N–H and O–H groups in total. The zero-order valence-corrected chi connectivity index (χ0v) is 15.6. The Balaban J connectivity index is 4.60. The predicted molar refractivity (Wildman–Crippen MR) is 95.5 cm³/mol. The molecule has 128 valence electrons. The van der Waals surface area contributed by atoms with Crippen molar-refractivity contribution in [2.24, 2.45) is 5.73 Å². The first-order chi connectivity index (χ1) is 10.3. The molecule has 0 fully saturated rings. The Morgan fingerprint density at radius 2 is 1.68 bits per heavy atom. The fourth-order valence-electron chi connectivity index (χ4n) is 1.39. The average molecular weight is 369 g/mol. The molecule has 9 heteroatoms. The largest absolute Gasteiger partial charge is 0.390 e. The summed E-state index contributed by atoms with van der Waals surface area (Å²) in [5, 5.41) is 1.99. The van der Waals surface area contributed by atoms with E-state index in [1.54, 1.807) is 18.7 Å². The molecule has 22 heavy (non-hydrogen) atoms. The van der Waals surface area contributed by atoms with Gasteiger partial charge in [0.25, 0.3) is 0 Å². The number of nitrogens with one attached hydrogen (secondary N) is 1. The Labute approximate surface area is 145 Å². The standard InChI is InChI=1S/C13H24N2O4S3/c1-8(20)11(16)15-10(5-7-22-3)13(18)19-12(17)9(14)4-6-21-2/h8-10,20H,4-7,14H2,1-3H3,(H,15,16)/t8?,9-,10-/m0/s1. The van der Waals surface area contributed by atoms with Gasteiger partial charge in [-0.3, -0.25) is 4.79 Å². The van der Waals surface area contributed by atoms with Crippen LogP contribution in [0.2, 0.25) is 0 Å². The molecule has 1 unspecified atom stereocenters. The maximum absolute atomic E-state index is 12.0. The lowest BCUT2D eigenvalue weighted by Crippen LogP contribution is -2.46. The fraction of sp³-hybridized carbons (Fsp3) is 0.769. The van der Waals surface area contributed by atoms with Crippen molar-refractivity contribution in [3.8, 4) is 0 Å². The van der Waals surface area contributed by atoms with E-state index in [0.717, 1.165) is 0 Å². The molecular weight excluding hydrogens is 344 g/mol. The molecule has 0 rings (SSSR count). The number of rotatable bonds is 10. The zero-order valence-electron chi connectivity index (χ0n) is 13.0. The molecule has 0 heterocycles. The van der Waals surface area contributed by atoms with Crippen molar-refractivity contribution in [3.63, 3.8) is 0 Å². The normalized spacial score (nSPS) is 14.8. The van der Waals surface area contributed by atoms with E-state index in [9.17, 15) is 14.4 Å². The van der Waals surface area contributed by atoms with E-state index in [2.05, 4.69) is 17.9 Å². The lowest BCUT2D eigenvalue weighted by molar-refractivity contribution is -0.162. The van der Waals surface area contributed by atoms with Gasteiger partial charge >= 0.3 is 11.9 Å². The molecule has 0 aliphatic carbocycles. The summed E-state index contributed by atoms with van der Waals surface area (Å²) in [6, 6.07) is -1.71. The molecule has 0 saturated heterocycles. The summed E-state index contributed by atoms with van der Waals surface area (Å²) in [6.45, 7) is 1.60. The van der Waals surface area contributed by atoms with E-state index in [4.69, 9.17) is 10.5 Å². The van der Waals surface area contributed by atoms with Gasteiger partial charge in [0, 0.05) is 0 Å². The number of ether oxygens (including phenoxy) is 1. The number of hydrogen-bond donors (Lipinski definition) is 3. The number of hydrogen-bond acceptors (Lipinski definition) is 8. The SMILES string of the molecule is CSCC[C@H](NC(=O)C(C)S)C(=O)OC(=O)[C@@H](N)CCSC. The van der Waals surface area contributed by atoms with E-state index in [-0.39, 0.29) is 5.91 Å². The minimum absolute atomic E-state index is 0.375. The number of esters is 2. The second kappa shape index (κ2) is 12.1. The van der Waals surface area contributed by atoms with Gasteiger partial charge in [-0.15, -0.1) is 0 Å². The lowest BCUT2D eigenvalue weighted by Gasteiger charge is -2.18. The summed E-state index contributed by atoms with van der Waals surface area (Å²) in [5.74, 6) is -0.574. The van der Waals surface area contributed by atoms with Crippen LogP contribution in [0.3, 0.4) is 0 Å². The Morgan fingerprint density at radius 1 is 1.14 bits per heavy atom. The van der Waals surface area contributed by atoms with Gasteiger partial charge in [-0.05, 0) is 43.8 Å².